The van der Waals surface area contributed by atoms with Crippen LogP contribution < -0.4 is 5.32 Å². The lowest BCUT2D eigenvalue weighted by Gasteiger charge is -2.19. The third-order valence-electron chi connectivity index (χ3n) is 3.13. The Morgan fingerprint density at radius 2 is 1.76 bits per heavy atom. The van der Waals surface area contributed by atoms with Crippen molar-refractivity contribution in [1.82, 2.24) is 9.97 Å². The summed E-state index contributed by atoms with van der Waals surface area (Å²) >= 11 is 0. The maximum atomic E-state index is 4.04. The van der Waals surface area contributed by atoms with Gasteiger partial charge in [0, 0.05) is 0 Å². The fourth-order valence-electron chi connectivity index (χ4n) is 2.12. The first kappa shape index (κ1) is 10.3. The maximum Gasteiger partial charge on any atom is 0.115 e. The zero-order chi connectivity index (χ0) is 11.5. The van der Waals surface area contributed by atoms with Gasteiger partial charge in [-0.2, -0.15) is 0 Å². The Morgan fingerprint density at radius 1 is 1.06 bits per heavy atom. The van der Waals surface area contributed by atoms with Crippen molar-refractivity contribution in [3.63, 3.8) is 0 Å². The monoisotopic (exact) mass is 225 g/mol. The molecule has 1 heterocycles. The number of anilines is 1. The van der Waals surface area contributed by atoms with E-state index in [2.05, 4.69) is 45.6 Å². The maximum absolute atomic E-state index is 4.04. The summed E-state index contributed by atoms with van der Waals surface area (Å²) in [5.41, 5.74) is 2.34. The highest BCUT2D eigenvalue weighted by Gasteiger charge is 2.32. The number of nitrogens with zero attached hydrogens (tertiary/aromatic N) is 2. The smallest absolute Gasteiger partial charge is 0.115 e. The standard InChI is InChI=1S/C14H15N3/c1-2-4-11(5-3-1)14(12-6-7-12)17-13-8-15-10-16-9-13/h1-5,8-10,12,14,17H,6-7H2. The number of rotatable bonds is 4. The lowest BCUT2D eigenvalue weighted by atomic mass is 10.0. The molecule has 2 aromatic rings. The van der Waals surface area contributed by atoms with Gasteiger partial charge in [-0.25, -0.2) is 9.97 Å². The Morgan fingerprint density at radius 3 is 2.41 bits per heavy atom. The predicted octanol–water partition coefficient (Wildman–Crippen LogP) is 3.04. The molecule has 3 nitrogen and oxygen atoms in total. The third kappa shape index (κ3) is 2.44. The molecule has 3 heteroatoms. The van der Waals surface area contributed by atoms with Crippen molar-refractivity contribution in [2.75, 3.05) is 5.32 Å². The van der Waals surface area contributed by atoms with Crippen LogP contribution in [-0.2, 0) is 0 Å². The van der Waals surface area contributed by atoms with Gasteiger partial charge in [0.1, 0.15) is 6.33 Å². The molecule has 0 saturated heterocycles. The van der Waals surface area contributed by atoms with Crippen LogP contribution in [0.4, 0.5) is 5.69 Å². The summed E-state index contributed by atoms with van der Waals surface area (Å²) in [7, 11) is 0. The normalized spacial score (nSPS) is 16.5. The number of hydrogen-bond acceptors (Lipinski definition) is 3. The molecule has 0 aliphatic heterocycles. The molecule has 1 saturated carbocycles. The second-order valence-corrected chi connectivity index (χ2v) is 4.50. The molecule has 0 radical (unpaired) electrons. The van der Waals surface area contributed by atoms with Crippen LogP contribution in [-0.4, -0.2) is 9.97 Å². The van der Waals surface area contributed by atoms with Gasteiger partial charge >= 0.3 is 0 Å². The van der Waals surface area contributed by atoms with Crippen LogP contribution in [0.3, 0.4) is 0 Å². The summed E-state index contributed by atoms with van der Waals surface area (Å²) in [4.78, 5) is 8.08. The fraction of sp³-hybridized carbons (Fsp3) is 0.286. The Balaban J connectivity index is 1.82. The van der Waals surface area contributed by atoms with Crippen molar-refractivity contribution in [2.24, 2.45) is 5.92 Å². The molecule has 17 heavy (non-hydrogen) atoms. The first-order chi connectivity index (χ1) is 8.43. The lowest BCUT2D eigenvalue weighted by Crippen LogP contribution is -2.13. The zero-order valence-corrected chi connectivity index (χ0v) is 9.58. The molecule has 0 bridgehead atoms. The van der Waals surface area contributed by atoms with E-state index in [0.717, 1.165) is 11.6 Å². The van der Waals surface area contributed by atoms with Gasteiger partial charge in [0.2, 0.25) is 0 Å². The number of aromatic nitrogens is 2. The molecule has 1 atom stereocenters. The van der Waals surface area contributed by atoms with Gasteiger partial charge < -0.3 is 5.32 Å². The summed E-state index contributed by atoms with van der Waals surface area (Å²) in [5.74, 6) is 0.748. The molecule has 1 aliphatic rings. The highest BCUT2D eigenvalue weighted by molar-refractivity contribution is 5.41. The van der Waals surface area contributed by atoms with Crippen molar-refractivity contribution >= 4 is 5.69 Å². The Labute approximate surface area is 101 Å². The molecular formula is C14H15N3. The molecule has 86 valence electrons. The summed E-state index contributed by atoms with van der Waals surface area (Å²) in [6.07, 6.45) is 7.82. The molecule has 1 unspecified atom stereocenters. The molecule has 0 spiro atoms. The minimum atomic E-state index is 0.391. The van der Waals surface area contributed by atoms with Gasteiger partial charge in [-0.15, -0.1) is 0 Å². The Bertz CT molecular complexity index is 465. The Kier molecular flexibility index (Phi) is 2.74. The largest absolute Gasteiger partial charge is 0.375 e. The van der Waals surface area contributed by atoms with E-state index in [1.807, 2.05) is 12.4 Å². The first-order valence-electron chi connectivity index (χ1n) is 6.00. The van der Waals surface area contributed by atoms with Crippen LogP contribution in [0.15, 0.2) is 49.1 Å². The average Bonchev–Trinajstić information content (AvgIpc) is 3.23. The van der Waals surface area contributed by atoms with Gasteiger partial charge in [-0.1, -0.05) is 30.3 Å². The van der Waals surface area contributed by atoms with Crippen LogP contribution in [0.1, 0.15) is 24.4 Å². The fourth-order valence-corrected chi connectivity index (χ4v) is 2.12. The van der Waals surface area contributed by atoms with Crippen LogP contribution in [0, 0.1) is 5.92 Å². The lowest BCUT2D eigenvalue weighted by molar-refractivity contribution is 0.678. The quantitative estimate of drug-likeness (QED) is 0.869. The minimum absolute atomic E-state index is 0.391. The van der Waals surface area contributed by atoms with E-state index in [1.54, 1.807) is 6.33 Å². The SMILES string of the molecule is c1ccc(C(Nc2cncnc2)C2CC2)cc1. The summed E-state index contributed by atoms with van der Waals surface area (Å²) in [6, 6.07) is 11.0. The van der Waals surface area contributed by atoms with Crippen LogP contribution >= 0.6 is 0 Å². The molecule has 1 N–H and O–H groups in total. The summed E-state index contributed by atoms with van der Waals surface area (Å²) in [5, 5.41) is 3.53. The van der Waals surface area contributed by atoms with Gasteiger partial charge in [0.15, 0.2) is 0 Å². The predicted molar refractivity (Wildman–Crippen MR) is 67.6 cm³/mol. The molecule has 3 rings (SSSR count). The van der Waals surface area contributed by atoms with Gasteiger partial charge in [-0.3, -0.25) is 0 Å². The van der Waals surface area contributed by atoms with Crippen LogP contribution in [0.25, 0.3) is 0 Å². The summed E-state index contributed by atoms with van der Waals surface area (Å²) < 4.78 is 0. The molecule has 1 aromatic carbocycles. The van der Waals surface area contributed by atoms with Crippen LogP contribution in [0.2, 0.25) is 0 Å². The van der Waals surface area contributed by atoms with E-state index >= 15 is 0 Å². The van der Waals surface area contributed by atoms with Crippen molar-refractivity contribution in [3.05, 3.63) is 54.6 Å². The zero-order valence-electron chi connectivity index (χ0n) is 9.58. The van der Waals surface area contributed by atoms with E-state index < -0.39 is 0 Å². The van der Waals surface area contributed by atoms with E-state index in [4.69, 9.17) is 0 Å². The highest BCUT2D eigenvalue weighted by atomic mass is 15.0. The second kappa shape index (κ2) is 4.53. The summed E-state index contributed by atoms with van der Waals surface area (Å²) in [6.45, 7) is 0. The highest BCUT2D eigenvalue weighted by Crippen LogP contribution is 2.42. The van der Waals surface area contributed by atoms with Crippen molar-refractivity contribution in [1.29, 1.82) is 0 Å². The number of benzene rings is 1. The molecule has 1 aromatic heterocycles. The van der Waals surface area contributed by atoms with E-state index in [9.17, 15) is 0 Å². The van der Waals surface area contributed by atoms with Crippen molar-refractivity contribution < 1.29 is 0 Å². The van der Waals surface area contributed by atoms with Gasteiger partial charge in [0.25, 0.3) is 0 Å². The van der Waals surface area contributed by atoms with Crippen molar-refractivity contribution in [2.45, 2.75) is 18.9 Å². The molecule has 1 fully saturated rings. The number of hydrogen-bond donors (Lipinski definition) is 1. The van der Waals surface area contributed by atoms with Gasteiger partial charge in [-0.05, 0) is 24.3 Å². The molecular weight excluding hydrogens is 210 g/mol. The minimum Gasteiger partial charge on any atom is -0.375 e. The second-order valence-electron chi connectivity index (χ2n) is 4.50. The van der Waals surface area contributed by atoms with Crippen LogP contribution in [0.5, 0.6) is 0 Å². The molecule has 0 amide bonds. The van der Waals surface area contributed by atoms with Crippen molar-refractivity contribution in [3.8, 4) is 0 Å². The van der Waals surface area contributed by atoms with E-state index in [-0.39, 0.29) is 0 Å². The topological polar surface area (TPSA) is 37.8 Å². The third-order valence-corrected chi connectivity index (χ3v) is 3.13. The Hall–Kier alpha value is -1.90. The number of nitrogens with one attached hydrogen (secondary N) is 1. The first-order valence-corrected chi connectivity index (χ1v) is 6.00. The van der Waals surface area contributed by atoms with Gasteiger partial charge in [0.05, 0.1) is 24.1 Å². The average molecular weight is 225 g/mol. The van der Waals surface area contributed by atoms with E-state index in [0.29, 0.717) is 6.04 Å². The van der Waals surface area contributed by atoms with E-state index in [1.165, 1.54) is 18.4 Å². The molecule has 1 aliphatic carbocycles.